The molecule has 190 valence electrons. The number of benzene rings is 2. The molecule has 1 atom stereocenters. The van der Waals surface area contributed by atoms with Gasteiger partial charge in [0.2, 0.25) is 0 Å². The van der Waals surface area contributed by atoms with Crippen LogP contribution in [0.1, 0.15) is 28.4 Å². The number of amides is 1. The molecule has 0 radical (unpaired) electrons. The Hall–Kier alpha value is -4.66. The number of esters is 1. The average Bonchev–Trinajstić information content (AvgIpc) is 3.25. The number of hydrogen-bond donors (Lipinski definition) is 3. The Bertz CT molecular complexity index is 1430. The Balaban J connectivity index is 1.64. The van der Waals surface area contributed by atoms with Gasteiger partial charge in [0.15, 0.2) is 0 Å². The van der Waals surface area contributed by atoms with E-state index in [9.17, 15) is 19.5 Å². The minimum absolute atomic E-state index is 0.0531. The first-order valence-corrected chi connectivity index (χ1v) is 11.9. The van der Waals surface area contributed by atoms with E-state index in [4.69, 9.17) is 9.72 Å². The number of imidazole rings is 1. The zero-order valence-electron chi connectivity index (χ0n) is 20.6. The van der Waals surface area contributed by atoms with Crippen molar-refractivity contribution in [3.05, 3.63) is 89.6 Å². The third-order valence-electron chi connectivity index (χ3n) is 5.77. The van der Waals surface area contributed by atoms with E-state index in [-0.39, 0.29) is 25.1 Å². The fourth-order valence-corrected chi connectivity index (χ4v) is 4.01. The Morgan fingerprint density at radius 2 is 1.84 bits per heavy atom. The van der Waals surface area contributed by atoms with Crippen molar-refractivity contribution in [2.75, 3.05) is 18.5 Å². The topological polar surface area (TPSA) is 122 Å². The molecular formula is C28H28N4O5. The number of aryl methyl sites for hydroxylation is 1. The lowest BCUT2D eigenvalue weighted by atomic mass is 10.1. The highest BCUT2D eigenvalue weighted by Gasteiger charge is 2.22. The van der Waals surface area contributed by atoms with Gasteiger partial charge in [-0.2, -0.15) is 0 Å². The van der Waals surface area contributed by atoms with Gasteiger partial charge in [0.1, 0.15) is 29.7 Å². The van der Waals surface area contributed by atoms with Gasteiger partial charge in [-0.3, -0.25) is 14.0 Å². The van der Waals surface area contributed by atoms with E-state index in [0.29, 0.717) is 17.2 Å². The third kappa shape index (κ3) is 6.13. The summed E-state index contributed by atoms with van der Waals surface area (Å²) in [6.07, 6.45) is 1.82. The largest absolute Gasteiger partial charge is 0.480 e. The van der Waals surface area contributed by atoms with Gasteiger partial charge in [0.25, 0.3) is 5.91 Å². The second kappa shape index (κ2) is 11.4. The number of hydrogen-bond acceptors (Lipinski definition) is 6. The van der Waals surface area contributed by atoms with Crippen molar-refractivity contribution in [1.82, 2.24) is 14.7 Å². The van der Waals surface area contributed by atoms with Gasteiger partial charge in [-0.15, -0.1) is 0 Å². The van der Waals surface area contributed by atoms with Crippen molar-refractivity contribution < 1.29 is 24.2 Å². The van der Waals surface area contributed by atoms with Crippen LogP contribution in [0.15, 0.2) is 72.9 Å². The summed E-state index contributed by atoms with van der Waals surface area (Å²) in [4.78, 5) is 41.5. The number of aliphatic carboxylic acids is 1. The quantitative estimate of drug-likeness (QED) is 0.284. The normalized spacial score (nSPS) is 11.6. The molecule has 0 fully saturated rings. The molecule has 3 N–H and O–H groups in total. The molecule has 0 aliphatic carbocycles. The second-order valence-electron chi connectivity index (χ2n) is 8.53. The first-order valence-electron chi connectivity index (χ1n) is 11.9. The summed E-state index contributed by atoms with van der Waals surface area (Å²) < 4.78 is 6.78. The number of carboxylic acids is 1. The first-order chi connectivity index (χ1) is 17.9. The van der Waals surface area contributed by atoms with Crippen molar-refractivity contribution in [2.24, 2.45) is 0 Å². The van der Waals surface area contributed by atoms with E-state index in [1.54, 1.807) is 29.7 Å². The highest BCUT2D eigenvalue weighted by atomic mass is 16.5. The summed E-state index contributed by atoms with van der Waals surface area (Å²) in [6, 6.07) is 19.0. The van der Waals surface area contributed by atoms with Crippen LogP contribution in [0.4, 0.5) is 5.82 Å². The minimum Gasteiger partial charge on any atom is -0.480 e. The zero-order valence-corrected chi connectivity index (χ0v) is 20.6. The molecule has 2 aromatic heterocycles. The van der Waals surface area contributed by atoms with Crippen LogP contribution in [0.25, 0.3) is 16.9 Å². The van der Waals surface area contributed by atoms with Gasteiger partial charge in [-0.1, -0.05) is 54.1 Å². The third-order valence-corrected chi connectivity index (χ3v) is 5.77. The Labute approximate surface area is 214 Å². The predicted octanol–water partition coefficient (Wildman–Crippen LogP) is 3.71. The van der Waals surface area contributed by atoms with Gasteiger partial charge in [0, 0.05) is 23.7 Å². The van der Waals surface area contributed by atoms with Crippen molar-refractivity contribution in [3.63, 3.8) is 0 Å². The van der Waals surface area contributed by atoms with Crippen LogP contribution < -0.4 is 10.6 Å². The van der Waals surface area contributed by atoms with Gasteiger partial charge in [-0.05, 0) is 37.6 Å². The van der Waals surface area contributed by atoms with E-state index in [1.165, 1.54) is 0 Å². The maximum absolute atomic E-state index is 13.0. The van der Waals surface area contributed by atoms with Crippen LogP contribution in [0, 0.1) is 6.92 Å². The van der Waals surface area contributed by atoms with Crippen LogP contribution in [0.2, 0.25) is 0 Å². The molecule has 0 aliphatic rings. The number of aromatic nitrogens is 2. The first kappa shape index (κ1) is 25.4. The number of carboxylic acid groups (broad SMARTS) is 1. The monoisotopic (exact) mass is 500 g/mol. The van der Waals surface area contributed by atoms with Gasteiger partial charge < -0.3 is 20.5 Å². The maximum atomic E-state index is 13.0. The molecule has 0 bridgehead atoms. The molecule has 4 aromatic rings. The smallest absolute Gasteiger partial charge is 0.326 e. The molecule has 0 spiro atoms. The number of pyridine rings is 1. The van der Waals surface area contributed by atoms with Crippen LogP contribution in [-0.4, -0.2) is 51.5 Å². The Kier molecular flexibility index (Phi) is 7.83. The lowest BCUT2D eigenvalue weighted by Crippen LogP contribution is -2.42. The summed E-state index contributed by atoms with van der Waals surface area (Å²) in [5.74, 6) is -1.46. The van der Waals surface area contributed by atoms with Gasteiger partial charge in [0.05, 0.1) is 6.61 Å². The van der Waals surface area contributed by atoms with E-state index < -0.39 is 23.9 Å². The molecule has 0 aliphatic heterocycles. The standard InChI is InChI=1S/C28H28N4O5/c1-3-37-24(33)17-29-26-25(20-11-7-8-18(2)14-20)31-23-16-21(12-13-32(23)26)27(34)30-22(28(35)36)15-19-9-5-4-6-10-19/h4-14,16,22,29H,3,15,17H2,1-2H3,(H,30,34)(H,35,36). The molecule has 9 heteroatoms. The molecule has 37 heavy (non-hydrogen) atoms. The highest BCUT2D eigenvalue weighted by molar-refractivity contribution is 5.97. The maximum Gasteiger partial charge on any atom is 0.326 e. The average molecular weight is 501 g/mol. The summed E-state index contributed by atoms with van der Waals surface area (Å²) >= 11 is 0. The fourth-order valence-electron chi connectivity index (χ4n) is 4.01. The summed E-state index contributed by atoms with van der Waals surface area (Å²) in [5.41, 5.74) is 4.03. The van der Waals surface area contributed by atoms with Crippen LogP contribution in [-0.2, 0) is 20.7 Å². The van der Waals surface area contributed by atoms with E-state index >= 15 is 0 Å². The number of carbonyl (C=O) groups excluding carboxylic acids is 2. The summed E-state index contributed by atoms with van der Waals surface area (Å²) in [5, 5.41) is 15.4. The van der Waals surface area contributed by atoms with Crippen LogP contribution >= 0.6 is 0 Å². The molecule has 2 heterocycles. The molecule has 1 unspecified atom stereocenters. The molecule has 1 amide bonds. The SMILES string of the molecule is CCOC(=O)CNc1c(-c2cccc(C)c2)nc2cc(C(=O)NC(Cc3ccccc3)C(=O)O)ccn12. The van der Waals surface area contributed by atoms with Crippen molar-refractivity contribution >= 4 is 29.3 Å². The Morgan fingerprint density at radius 3 is 2.54 bits per heavy atom. The van der Waals surface area contributed by atoms with Crippen molar-refractivity contribution in [3.8, 4) is 11.3 Å². The highest BCUT2D eigenvalue weighted by Crippen LogP contribution is 2.29. The predicted molar refractivity (Wildman–Crippen MR) is 140 cm³/mol. The number of nitrogens with zero attached hydrogens (tertiary/aromatic N) is 2. The van der Waals surface area contributed by atoms with Gasteiger partial charge in [-0.25, -0.2) is 9.78 Å². The van der Waals surface area contributed by atoms with E-state index in [1.807, 2.05) is 61.5 Å². The molecule has 9 nitrogen and oxygen atoms in total. The van der Waals surface area contributed by atoms with E-state index in [0.717, 1.165) is 16.7 Å². The number of fused-ring (bicyclic) bond motifs is 1. The molecule has 4 rings (SSSR count). The molecule has 2 aromatic carbocycles. The number of ether oxygens (including phenoxy) is 1. The summed E-state index contributed by atoms with van der Waals surface area (Å²) in [7, 11) is 0. The molecular weight excluding hydrogens is 472 g/mol. The lowest BCUT2D eigenvalue weighted by molar-refractivity contribution is -0.141. The van der Waals surface area contributed by atoms with Crippen molar-refractivity contribution in [1.29, 1.82) is 0 Å². The van der Waals surface area contributed by atoms with E-state index in [2.05, 4.69) is 10.6 Å². The number of rotatable bonds is 10. The zero-order chi connectivity index (χ0) is 26.4. The molecule has 0 saturated heterocycles. The van der Waals surface area contributed by atoms with Crippen molar-refractivity contribution in [2.45, 2.75) is 26.3 Å². The Morgan fingerprint density at radius 1 is 1.05 bits per heavy atom. The number of nitrogens with one attached hydrogen (secondary N) is 2. The fraction of sp³-hybridized carbons (Fsp3) is 0.214. The number of anilines is 1. The minimum atomic E-state index is -1.12. The van der Waals surface area contributed by atoms with Crippen LogP contribution in [0.5, 0.6) is 0 Å². The summed E-state index contributed by atoms with van der Waals surface area (Å²) in [6.45, 7) is 3.94. The molecule has 0 saturated carbocycles. The number of carbonyl (C=O) groups is 3. The second-order valence-corrected chi connectivity index (χ2v) is 8.53. The van der Waals surface area contributed by atoms with Crippen LogP contribution in [0.3, 0.4) is 0 Å². The lowest BCUT2D eigenvalue weighted by Gasteiger charge is -2.15. The van der Waals surface area contributed by atoms with Gasteiger partial charge >= 0.3 is 11.9 Å².